The summed E-state index contributed by atoms with van der Waals surface area (Å²) in [5.41, 5.74) is 4.00. The molecule has 14 nitrogen and oxygen atoms in total. The number of halogens is 1. The lowest BCUT2D eigenvalue weighted by atomic mass is 9.91. The molecule has 0 radical (unpaired) electrons. The summed E-state index contributed by atoms with van der Waals surface area (Å²) in [6.07, 6.45) is 4.39. The molecule has 3 aromatic carbocycles. The molecule has 6 aromatic rings. The number of carbonyl (C=O) groups is 1. The summed E-state index contributed by atoms with van der Waals surface area (Å²) in [6.45, 7) is 8.88. The number of hydrogen-bond acceptors (Lipinski definition) is 10. The first-order valence-corrected chi connectivity index (χ1v) is 23.3. The minimum Gasteiger partial charge on any atom is -0.464 e. The maximum absolute atomic E-state index is 15.2. The minimum atomic E-state index is -3.33. The van der Waals surface area contributed by atoms with Crippen molar-refractivity contribution in [2.45, 2.75) is 100 Å². The van der Waals surface area contributed by atoms with Gasteiger partial charge in [0, 0.05) is 42.6 Å². The predicted octanol–water partition coefficient (Wildman–Crippen LogP) is 6.61. The summed E-state index contributed by atoms with van der Waals surface area (Å²) in [7, 11) is -3.33. The van der Waals surface area contributed by atoms with Gasteiger partial charge in [0.15, 0.2) is 15.7 Å². The number of H-pyrrole nitrogens is 1. The molecule has 63 heavy (non-hydrogen) atoms. The SMILES string of the molecule is Cc1cc(-n2c(OCCc3ccc(S(=O)(=O)C4CC4)cc3)nc3c(c2=O)CCN(C(=O)c2cc4cc(C5CCOCC5)ccc4n2[C@@]2(c4noc(=O)[nH]4)C[C@@H]2C)[C@@H]3C)cc(C)c1F. The fraction of sp³-hybridized carbons (Fsp3) is 0.426. The number of hydrogen-bond donors (Lipinski definition) is 1. The van der Waals surface area contributed by atoms with Crippen molar-refractivity contribution in [3.8, 4) is 11.7 Å². The van der Waals surface area contributed by atoms with Gasteiger partial charge < -0.3 is 18.9 Å². The Kier molecular flexibility index (Phi) is 10.1. The van der Waals surface area contributed by atoms with Crippen molar-refractivity contribution < 1.29 is 31.6 Å². The van der Waals surface area contributed by atoms with Gasteiger partial charge in [-0.3, -0.25) is 19.1 Å². The van der Waals surface area contributed by atoms with Crippen LogP contribution in [0.5, 0.6) is 6.01 Å². The Balaban J connectivity index is 1.02. The first kappa shape index (κ1) is 41.2. The molecule has 1 saturated heterocycles. The van der Waals surface area contributed by atoms with E-state index in [0.717, 1.165) is 29.3 Å². The van der Waals surface area contributed by atoms with Gasteiger partial charge in [-0.15, -0.1) is 0 Å². The number of aromatic nitrogens is 5. The van der Waals surface area contributed by atoms with E-state index >= 15 is 4.79 Å². The van der Waals surface area contributed by atoms with E-state index in [9.17, 15) is 22.4 Å². The Morgan fingerprint density at radius 1 is 0.984 bits per heavy atom. The van der Waals surface area contributed by atoms with Gasteiger partial charge in [-0.2, -0.15) is 4.98 Å². The summed E-state index contributed by atoms with van der Waals surface area (Å²) >= 11 is 0. The number of sulfone groups is 1. The van der Waals surface area contributed by atoms with Gasteiger partial charge >= 0.3 is 11.8 Å². The van der Waals surface area contributed by atoms with Crippen LogP contribution in [0.1, 0.15) is 108 Å². The van der Waals surface area contributed by atoms with Crippen molar-refractivity contribution >= 4 is 26.6 Å². The maximum Gasteiger partial charge on any atom is 0.438 e. The number of ether oxygens (including phenoxy) is 2. The molecule has 10 rings (SSSR count). The van der Waals surface area contributed by atoms with Crippen molar-refractivity contribution in [2.75, 3.05) is 26.4 Å². The second-order valence-corrected chi connectivity index (χ2v) is 20.0. The van der Waals surface area contributed by atoms with Gasteiger partial charge in [0.2, 0.25) is 0 Å². The Morgan fingerprint density at radius 2 is 1.70 bits per heavy atom. The van der Waals surface area contributed by atoms with Crippen LogP contribution in [0.15, 0.2) is 79.7 Å². The Morgan fingerprint density at radius 3 is 2.35 bits per heavy atom. The van der Waals surface area contributed by atoms with E-state index in [1.165, 1.54) is 10.1 Å². The molecule has 3 aromatic heterocycles. The van der Waals surface area contributed by atoms with Gasteiger partial charge in [0.25, 0.3) is 11.5 Å². The van der Waals surface area contributed by atoms with Gasteiger partial charge in [-0.1, -0.05) is 30.3 Å². The molecule has 16 heteroatoms. The Labute approximate surface area is 362 Å². The summed E-state index contributed by atoms with van der Waals surface area (Å²) in [5.74, 6) is -0.616. The second kappa shape index (κ2) is 15.4. The highest BCUT2D eigenvalue weighted by Crippen LogP contribution is 2.56. The number of carbonyl (C=O) groups excluding carboxylic acids is 1. The number of nitrogens with zero attached hydrogens (tertiary/aromatic N) is 5. The van der Waals surface area contributed by atoms with Crippen LogP contribution in [0.4, 0.5) is 4.39 Å². The first-order chi connectivity index (χ1) is 30.3. The van der Waals surface area contributed by atoms with Crippen LogP contribution < -0.4 is 16.1 Å². The smallest absolute Gasteiger partial charge is 0.438 e. The summed E-state index contributed by atoms with van der Waals surface area (Å²) in [6, 6.07) is 17.5. The maximum atomic E-state index is 15.2. The van der Waals surface area contributed by atoms with Crippen LogP contribution in [0.3, 0.4) is 0 Å². The van der Waals surface area contributed by atoms with Crippen molar-refractivity contribution in [1.29, 1.82) is 0 Å². The van der Waals surface area contributed by atoms with Crippen molar-refractivity contribution in [2.24, 2.45) is 5.92 Å². The molecule has 0 bridgehead atoms. The highest BCUT2D eigenvalue weighted by atomic mass is 32.2. The van der Waals surface area contributed by atoms with E-state index < -0.39 is 27.2 Å². The van der Waals surface area contributed by atoms with Crippen LogP contribution in [0.25, 0.3) is 16.6 Å². The van der Waals surface area contributed by atoms with E-state index in [2.05, 4.69) is 29.2 Å². The number of nitrogens with one attached hydrogen (secondary N) is 1. The third kappa shape index (κ3) is 7.01. The normalized spacial score (nSPS) is 21.4. The molecule has 1 N–H and O–H groups in total. The quantitative estimate of drug-likeness (QED) is 0.149. The molecule has 3 fully saturated rings. The molecular weight excluding hydrogens is 828 g/mol. The first-order valence-electron chi connectivity index (χ1n) is 21.8. The summed E-state index contributed by atoms with van der Waals surface area (Å²) in [5, 5.41) is 4.71. The number of benzene rings is 3. The third-order valence-corrected chi connectivity index (χ3v) is 16.0. The van der Waals surface area contributed by atoms with Gasteiger partial charge in [-0.25, -0.2) is 22.2 Å². The van der Waals surface area contributed by atoms with Crippen molar-refractivity contribution in [1.82, 2.24) is 29.2 Å². The molecule has 2 saturated carbocycles. The molecule has 3 atom stereocenters. The van der Waals surface area contributed by atoms with E-state index in [4.69, 9.17) is 19.0 Å². The van der Waals surface area contributed by atoms with Crippen LogP contribution in [-0.2, 0) is 33.0 Å². The average molecular weight is 877 g/mol. The van der Waals surface area contributed by atoms with Gasteiger partial charge in [0.1, 0.15) is 17.1 Å². The van der Waals surface area contributed by atoms with Crippen LogP contribution in [-0.4, -0.2) is 75.1 Å². The predicted molar refractivity (Wildman–Crippen MR) is 231 cm³/mol. The van der Waals surface area contributed by atoms with Crippen molar-refractivity contribution in [3.05, 3.63) is 132 Å². The zero-order valence-corrected chi connectivity index (χ0v) is 36.5. The number of rotatable bonds is 11. The van der Waals surface area contributed by atoms with Crippen molar-refractivity contribution in [3.63, 3.8) is 0 Å². The number of aromatic amines is 1. The molecule has 2 aliphatic carbocycles. The molecule has 0 unspecified atom stereocenters. The average Bonchev–Trinajstić information content (AvgIpc) is 4.17. The minimum absolute atomic E-state index is 0.00580. The van der Waals surface area contributed by atoms with E-state index in [1.807, 2.05) is 23.6 Å². The third-order valence-electron chi connectivity index (χ3n) is 13.7. The number of amides is 1. The molecule has 328 valence electrons. The van der Waals surface area contributed by atoms with Gasteiger partial charge in [-0.05, 0) is 136 Å². The van der Waals surface area contributed by atoms with Gasteiger partial charge in [0.05, 0.1) is 34.2 Å². The standard InChI is InChI=1S/C47H49FN6O8S/c1-26-21-34(22-27(2)40(26)48)53-42(55)37-13-17-52(29(4)41(37)49-45(53)61-20-14-30-5-8-35(9-6-30)63(58,59)36-10-11-36)43(56)39-24-33-23-32(31-15-18-60-19-16-31)7-12-38(33)54(39)47(25-28(47)3)44-50-46(57)62-51-44/h5-9,12,21-24,28-29,31,36H,10-11,13-20,25H2,1-4H3,(H,50,51,57)/t28-,29+,47-/m0/s1. The molecule has 1 amide bonds. The van der Waals surface area contributed by atoms with Crippen LogP contribution in [0, 0.1) is 25.6 Å². The molecule has 4 aliphatic rings. The Hall–Kier alpha value is -5.87. The molecular formula is C47H49FN6O8S. The summed E-state index contributed by atoms with van der Waals surface area (Å²) in [4.78, 5) is 52.0. The topological polar surface area (TPSA) is 172 Å². The highest BCUT2D eigenvalue weighted by Gasteiger charge is 2.59. The zero-order valence-electron chi connectivity index (χ0n) is 35.6. The second-order valence-electron chi connectivity index (χ2n) is 17.7. The largest absolute Gasteiger partial charge is 0.464 e. The fourth-order valence-corrected chi connectivity index (χ4v) is 11.5. The van der Waals surface area contributed by atoms with E-state index in [1.54, 1.807) is 55.1 Å². The molecule has 2 aliphatic heterocycles. The lowest BCUT2D eigenvalue weighted by Gasteiger charge is -2.35. The Bertz CT molecular complexity index is 3010. The summed E-state index contributed by atoms with van der Waals surface area (Å²) < 4.78 is 60.8. The van der Waals surface area contributed by atoms with E-state index in [0.29, 0.717) is 89.3 Å². The fourth-order valence-electron chi connectivity index (χ4n) is 9.86. The molecule has 0 spiro atoms. The lowest BCUT2D eigenvalue weighted by Crippen LogP contribution is -2.44. The van der Waals surface area contributed by atoms with E-state index in [-0.39, 0.29) is 54.0 Å². The van der Waals surface area contributed by atoms with Crippen LogP contribution >= 0.6 is 0 Å². The zero-order chi connectivity index (χ0) is 43.9. The molecule has 5 heterocycles. The monoisotopic (exact) mass is 876 g/mol. The highest BCUT2D eigenvalue weighted by molar-refractivity contribution is 7.92. The number of fused-ring (bicyclic) bond motifs is 2. The van der Waals surface area contributed by atoms with Crippen LogP contribution in [0.2, 0.25) is 0 Å². The number of aryl methyl sites for hydroxylation is 2. The lowest BCUT2D eigenvalue weighted by molar-refractivity contribution is 0.0656.